The van der Waals surface area contributed by atoms with Gasteiger partial charge >= 0.3 is 17.9 Å². The van der Waals surface area contributed by atoms with E-state index in [1.54, 1.807) is 0 Å². The van der Waals surface area contributed by atoms with Gasteiger partial charge in [-0.15, -0.1) is 0 Å². The molecule has 0 saturated heterocycles. The number of unbranched alkanes of at least 4 members (excludes halogenated alkanes) is 41. The van der Waals surface area contributed by atoms with Gasteiger partial charge in [-0.3, -0.25) is 14.4 Å². The second kappa shape index (κ2) is 71.1. The van der Waals surface area contributed by atoms with Crippen molar-refractivity contribution >= 4 is 17.9 Å². The van der Waals surface area contributed by atoms with Gasteiger partial charge in [0, 0.05) is 19.3 Å². The Bertz CT molecular complexity index is 1570. The van der Waals surface area contributed by atoms with Crippen molar-refractivity contribution in [1.29, 1.82) is 0 Å². The molecule has 0 aliphatic carbocycles. The molecule has 0 amide bonds. The van der Waals surface area contributed by atoms with Crippen LogP contribution < -0.4 is 0 Å². The lowest BCUT2D eigenvalue weighted by Crippen LogP contribution is -2.30. The molecule has 0 fully saturated rings. The molecule has 1 unspecified atom stereocenters. The molecule has 6 nitrogen and oxygen atoms in total. The Kier molecular flexibility index (Phi) is 68.2. The van der Waals surface area contributed by atoms with Crippen molar-refractivity contribution in [2.24, 2.45) is 0 Å². The molecule has 0 N–H and O–H groups in total. The highest BCUT2D eigenvalue weighted by Gasteiger charge is 2.19. The summed E-state index contributed by atoms with van der Waals surface area (Å²) in [5, 5.41) is 0. The predicted octanol–water partition coefficient (Wildman–Crippen LogP) is 25.0. The lowest BCUT2D eigenvalue weighted by Gasteiger charge is -2.18. The molecule has 0 aromatic heterocycles. The summed E-state index contributed by atoms with van der Waals surface area (Å²) < 4.78 is 17.0. The summed E-state index contributed by atoms with van der Waals surface area (Å²) in [6.45, 7) is 6.56. The Hall–Kier alpha value is -3.41. The minimum Gasteiger partial charge on any atom is -0.462 e. The molecule has 0 bridgehead atoms. The number of hydrogen-bond acceptors (Lipinski definition) is 6. The second-order valence-corrected chi connectivity index (χ2v) is 24.1. The van der Waals surface area contributed by atoms with Crippen LogP contribution in [0.4, 0.5) is 0 Å². The zero-order valence-corrected chi connectivity index (χ0v) is 55.2. The van der Waals surface area contributed by atoms with Crippen LogP contribution in [-0.4, -0.2) is 37.2 Å². The maximum Gasteiger partial charge on any atom is 0.306 e. The first-order valence-electron chi connectivity index (χ1n) is 36.1. The van der Waals surface area contributed by atoms with Crippen LogP contribution in [0.25, 0.3) is 0 Å². The monoisotopic (exact) mass is 1160 g/mol. The highest BCUT2D eigenvalue weighted by atomic mass is 16.6. The molecule has 0 aromatic rings. The third-order valence-electron chi connectivity index (χ3n) is 15.9. The van der Waals surface area contributed by atoms with Crippen molar-refractivity contribution in [3.63, 3.8) is 0 Å². The summed E-state index contributed by atoms with van der Waals surface area (Å²) in [7, 11) is 0. The number of hydrogen-bond donors (Lipinski definition) is 0. The van der Waals surface area contributed by atoms with Crippen LogP contribution in [0.2, 0.25) is 0 Å². The van der Waals surface area contributed by atoms with Gasteiger partial charge in [-0.25, -0.2) is 0 Å². The van der Waals surface area contributed by atoms with E-state index in [9.17, 15) is 14.4 Å². The standard InChI is InChI=1S/C77H136O6/c1-4-7-10-13-16-19-22-24-26-28-30-32-34-36-38-40-42-44-46-48-50-52-55-58-61-64-67-70-76(79)82-73-74(72-81-75(78)69-66-63-60-57-54-21-18-15-12-9-6-3)83-77(80)71-68-65-62-59-56-53-51-49-47-45-43-41-39-37-35-33-31-29-27-25-23-20-17-14-11-8-5-2/h7,10,16,19,24,26,30,32,36,38,42,44,48,50,74H,4-6,8-9,11-15,17-18,20-23,25,27-29,31,33-35,37,39-41,43,45-47,49,51-73H2,1-3H3/b10-7-,19-16-,26-24-,32-30-,38-36-,44-42-,50-48-. The number of carbonyl (C=O) groups excluding carboxylic acids is 3. The average molecular weight is 1160 g/mol. The smallest absolute Gasteiger partial charge is 0.306 e. The quantitative estimate of drug-likeness (QED) is 0.0261. The number of rotatable bonds is 66. The summed E-state index contributed by atoms with van der Waals surface area (Å²) in [6.07, 6.45) is 94.8. The molecular weight excluding hydrogens is 1020 g/mol. The van der Waals surface area contributed by atoms with Gasteiger partial charge in [-0.2, -0.15) is 0 Å². The summed E-state index contributed by atoms with van der Waals surface area (Å²) in [6, 6.07) is 0. The van der Waals surface area contributed by atoms with Gasteiger partial charge in [0.15, 0.2) is 6.10 Å². The SMILES string of the molecule is CC/C=C\C/C=C\C/C=C\C/C=C\C/C=C\C/C=C\C/C=C\CCCCCCCC(=O)OCC(COC(=O)CCCCCCCCCCCCC)OC(=O)CCCCCCCCCCCCCCCCCCCCCCCCCCCCC. The fourth-order valence-electron chi connectivity index (χ4n) is 10.5. The molecule has 1 atom stereocenters. The van der Waals surface area contributed by atoms with Crippen LogP contribution in [0.15, 0.2) is 85.1 Å². The minimum absolute atomic E-state index is 0.0781. The van der Waals surface area contributed by atoms with E-state index in [4.69, 9.17) is 14.2 Å². The first-order valence-corrected chi connectivity index (χ1v) is 36.1. The van der Waals surface area contributed by atoms with E-state index in [-0.39, 0.29) is 31.1 Å². The number of esters is 3. The van der Waals surface area contributed by atoms with Gasteiger partial charge in [-0.1, -0.05) is 356 Å². The van der Waals surface area contributed by atoms with Gasteiger partial charge in [0.2, 0.25) is 0 Å². The van der Waals surface area contributed by atoms with E-state index in [2.05, 4.69) is 106 Å². The Morgan fingerprint density at radius 3 is 0.735 bits per heavy atom. The highest BCUT2D eigenvalue weighted by molar-refractivity contribution is 5.71. The Balaban J connectivity index is 4.24. The molecule has 480 valence electrons. The fourth-order valence-corrected chi connectivity index (χ4v) is 10.5. The summed E-state index contributed by atoms with van der Waals surface area (Å²) in [5.74, 6) is -0.879. The first kappa shape index (κ1) is 79.6. The largest absolute Gasteiger partial charge is 0.462 e. The minimum atomic E-state index is -0.783. The molecule has 0 radical (unpaired) electrons. The van der Waals surface area contributed by atoms with E-state index in [0.717, 1.165) is 122 Å². The Morgan fingerprint density at radius 2 is 0.470 bits per heavy atom. The van der Waals surface area contributed by atoms with E-state index >= 15 is 0 Å². The topological polar surface area (TPSA) is 78.9 Å². The molecule has 6 heteroatoms. The average Bonchev–Trinajstić information content (AvgIpc) is 3.48. The Labute approximate surface area is 515 Å². The van der Waals surface area contributed by atoms with Crippen molar-refractivity contribution in [2.45, 2.75) is 374 Å². The molecule has 0 aliphatic heterocycles. The van der Waals surface area contributed by atoms with Crippen LogP contribution in [0.3, 0.4) is 0 Å². The van der Waals surface area contributed by atoms with Crippen LogP contribution in [0.1, 0.15) is 367 Å². The number of ether oxygens (including phenoxy) is 3. The lowest BCUT2D eigenvalue weighted by atomic mass is 10.0. The molecular formula is C77H136O6. The van der Waals surface area contributed by atoms with Crippen LogP contribution in [0.5, 0.6) is 0 Å². The zero-order valence-electron chi connectivity index (χ0n) is 55.2. The van der Waals surface area contributed by atoms with Crippen molar-refractivity contribution in [3.8, 4) is 0 Å². The highest BCUT2D eigenvalue weighted by Crippen LogP contribution is 2.18. The van der Waals surface area contributed by atoms with Crippen molar-refractivity contribution in [2.75, 3.05) is 13.2 Å². The molecule has 0 saturated carbocycles. The molecule has 0 rings (SSSR count). The second-order valence-electron chi connectivity index (χ2n) is 24.1. The van der Waals surface area contributed by atoms with Crippen molar-refractivity contribution in [1.82, 2.24) is 0 Å². The van der Waals surface area contributed by atoms with Gasteiger partial charge in [0.25, 0.3) is 0 Å². The Morgan fingerprint density at radius 1 is 0.253 bits per heavy atom. The lowest BCUT2D eigenvalue weighted by molar-refractivity contribution is -0.167. The van der Waals surface area contributed by atoms with Crippen LogP contribution in [0, 0.1) is 0 Å². The fraction of sp³-hybridized carbons (Fsp3) is 0.779. The van der Waals surface area contributed by atoms with Crippen molar-refractivity contribution < 1.29 is 28.6 Å². The maximum absolute atomic E-state index is 13.0. The number of carbonyl (C=O) groups is 3. The zero-order chi connectivity index (χ0) is 59.9. The third kappa shape index (κ3) is 69.3. The molecule has 0 aliphatic rings. The van der Waals surface area contributed by atoms with E-state index < -0.39 is 6.10 Å². The summed E-state index contributed by atoms with van der Waals surface area (Å²) in [5.41, 5.74) is 0. The van der Waals surface area contributed by atoms with Gasteiger partial charge in [0.1, 0.15) is 13.2 Å². The van der Waals surface area contributed by atoms with E-state index in [1.165, 1.54) is 205 Å². The first-order chi connectivity index (χ1) is 41.0. The molecule has 0 aromatic carbocycles. The van der Waals surface area contributed by atoms with Gasteiger partial charge < -0.3 is 14.2 Å². The van der Waals surface area contributed by atoms with Gasteiger partial charge in [0.05, 0.1) is 0 Å². The molecule has 0 spiro atoms. The third-order valence-corrected chi connectivity index (χ3v) is 15.9. The maximum atomic E-state index is 13.0. The van der Waals surface area contributed by atoms with E-state index in [1.807, 2.05) is 0 Å². The number of allylic oxidation sites excluding steroid dienone is 14. The predicted molar refractivity (Wildman–Crippen MR) is 362 cm³/mol. The molecule has 0 heterocycles. The van der Waals surface area contributed by atoms with Crippen LogP contribution in [-0.2, 0) is 28.6 Å². The van der Waals surface area contributed by atoms with Gasteiger partial charge in [-0.05, 0) is 77.0 Å². The summed E-state index contributed by atoms with van der Waals surface area (Å²) in [4.78, 5) is 38.4. The van der Waals surface area contributed by atoms with Crippen LogP contribution >= 0.6 is 0 Å². The normalized spacial score (nSPS) is 12.6. The van der Waals surface area contributed by atoms with E-state index in [0.29, 0.717) is 19.3 Å². The molecule has 83 heavy (non-hydrogen) atoms. The van der Waals surface area contributed by atoms with Crippen molar-refractivity contribution in [3.05, 3.63) is 85.1 Å². The summed E-state index contributed by atoms with van der Waals surface area (Å²) >= 11 is 0.